The zero-order valence-electron chi connectivity index (χ0n) is 8.54. The molecule has 1 fully saturated rings. The normalized spacial score (nSPS) is 20.4. The first-order chi connectivity index (χ1) is 7.56. The number of carbonyl (C=O) groups excluding carboxylic acids is 1. The molecule has 1 aromatic rings. The highest BCUT2D eigenvalue weighted by molar-refractivity contribution is 5.95. The summed E-state index contributed by atoms with van der Waals surface area (Å²) in [6.45, 7) is 0.242. The van der Waals surface area contributed by atoms with Gasteiger partial charge >= 0.3 is 5.97 Å². The molecule has 1 atom stereocenters. The molecule has 0 spiro atoms. The lowest BCUT2D eigenvalue weighted by atomic mass is 10.3. The number of hydrogen-bond acceptors (Lipinski definition) is 4. The van der Waals surface area contributed by atoms with Gasteiger partial charge in [0.1, 0.15) is 6.54 Å². The van der Waals surface area contributed by atoms with E-state index in [-0.39, 0.29) is 18.5 Å². The van der Waals surface area contributed by atoms with E-state index in [9.17, 15) is 9.59 Å². The topological polar surface area (TPSA) is 101 Å². The summed E-state index contributed by atoms with van der Waals surface area (Å²) >= 11 is 0. The van der Waals surface area contributed by atoms with E-state index < -0.39 is 5.97 Å². The summed E-state index contributed by atoms with van der Waals surface area (Å²) in [5, 5.41) is 12.4. The molecule has 0 radical (unpaired) electrons. The number of anilines is 1. The molecular formula is C9H12N4O3. The zero-order chi connectivity index (χ0) is 11.7. The summed E-state index contributed by atoms with van der Waals surface area (Å²) in [5.41, 5.74) is 6.25. The molecule has 3 N–H and O–H groups in total. The molecule has 16 heavy (non-hydrogen) atoms. The molecule has 1 aliphatic rings. The standard InChI is InChI=1S/C9H12N4O3/c10-6-1-8(14)13(3-6)7-2-11-12(4-7)5-9(15)16/h2,4,6H,1,3,5,10H2,(H,15,16). The average Bonchev–Trinajstić information content (AvgIpc) is 2.72. The largest absolute Gasteiger partial charge is 0.480 e. The molecule has 86 valence electrons. The molecule has 1 aromatic heterocycles. The predicted octanol–water partition coefficient (Wildman–Crippen LogP) is -0.968. The first-order valence-electron chi connectivity index (χ1n) is 4.86. The van der Waals surface area contributed by atoms with Gasteiger partial charge in [-0.15, -0.1) is 0 Å². The van der Waals surface area contributed by atoms with Gasteiger partial charge in [-0.2, -0.15) is 5.10 Å². The van der Waals surface area contributed by atoms with Crippen molar-refractivity contribution in [3.8, 4) is 0 Å². The van der Waals surface area contributed by atoms with Crippen molar-refractivity contribution >= 4 is 17.6 Å². The Morgan fingerprint density at radius 1 is 1.69 bits per heavy atom. The summed E-state index contributed by atoms with van der Waals surface area (Å²) in [4.78, 5) is 23.5. The number of carbonyl (C=O) groups is 2. The third-order valence-corrected chi connectivity index (χ3v) is 2.38. The van der Waals surface area contributed by atoms with E-state index in [2.05, 4.69) is 5.10 Å². The Balaban J connectivity index is 2.13. The quantitative estimate of drug-likeness (QED) is 0.688. The van der Waals surface area contributed by atoms with Gasteiger partial charge in [-0.25, -0.2) is 0 Å². The van der Waals surface area contributed by atoms with Gasteiger partial charge in [0.2, 0.25) is 5.91 Å². The van der Waals surface area contributed by atoms with Crippen LogP contribution in [0.15, 0.2) is 12.4 Å². The Morgan fingerprint density at radius 3 is 3.00 bits per heavy atom. The number of rotatable bonds is 3. The lowest BCUT2D eigenvalue weighted by Crippen LogP contribution is -2.27. The molecule has 7 nitrogen and oxygen atoms in total. The third kappa shape index (κ3) is 2.03. The summed E-state index contributed by atoms with van der Waals surface area (Å²) in [7, 11) is 0. The van der Waals surface area contributed by atoms with Crippen molar-refractivity contribution in [1.29, 1.82) is 0 Å². The molecular weight excluding hydrogens is 212 g/mol. The molecule has 0 aliphatic carbocycles. The second-order valence-electron chi connectivity index (χ2n) is 3.76. The van der Waals surface area contributed by atoms with Gasteiger partial charge in [0.15, 0.2) is 0 Å². The molecule has 1 amide bonds. The maximum absolute atomic E-state index is 11.5. The van der Waals surface area contributed by atoms with Crippen LogP contribution in [0.1, 0.15) is 6.42 Å². The van der Waals surface area contributed by atoms with E-state index in [1.807, 2.05) is 0 Å². The van der Waals surface area contributed by atoms with Crippen molar-refractivity contribution in [2.75, 3.05) is 11.4 Å². The first kappa shape index (κ1) is 10.6. The minimum atomic E-state index is -0.973. The van der Waals surface area contributed by atoms with Crippen molar-refractivity contribution in [1.82, 2.24) is 9.78 Å². The second kappa shape index (κ2) is 3.93. The van der Waals surface area contributed by atoms with E-state index in [4.69, 9.17) is 10.8 Å². The SMILES string of the molecule is NC1CC(=O)N(c2cnn(CC(=O)O)c2)C1. The van der Waals surface area contributed by atoms with Crippen molar-refractivity contribution in [3.63, 3.8) is 0 Å². The van der Waals surface area contributed by atoms with Crippen molar-refractivity contribution in [3.05, 3.63) is 12.4 Å². The van der Waals surface area contributed by atoms with Crippen LogP contribution in [0.3, 0.4) is 0 Å². The van der Waals surface area contributed by atoms with Crippen molar-refractivity contribution < 1.29 is 14.7 Å². The van der Waals surface area contributed by atoms with Crippen LogP contribution in [0, 0.1) is 0 Å². The number of amides is 1. The zero-order valence-corrected chi connectivity index (χ0v) is 8.54. The summed E-state index contributed by atoms with van der Waals surface area (Å²) < 4.78 is 1.27. The van der Waals surface area contributed by atoms with Crippen LogP contribution in [-0.4, -0.2) is 39.4 Å². The van der Waals surface area contributed by atoms with Gasteiger partial charge in [-0.3, -0.25) is 14.3 Å². The predicted molar refractivity (Wildman–Crippen MR) is 54.8 cm³/mol. The molecule has 2 rings (SSSR count). The Kier molecular flexibility index (Phi) is 2.61. The summed E-state index contributed by atoms with van der Waals surface area (Å²) in [5.74, 6) is -1.03. The van der Waals surface area contributed by atoms with Gasteiger partial charge < -0.3 is 15.7 Å². The Hall–Kier alpha value is -1.89. The minimum absolute atomic E-state index is 0.0534. The number of aromatic nitrogens is 2. The fourth-order valence-electron chi connectivity index (χ4n) is 1.70. The Morgan fingerprint density at radius 2 is 2.44 bits per heavy atom. The van der Waals surface area contributed by atoms with E-state index in [1.54, 1.807) is 0 Å². The number of carboxylic acids is 1. The fourth-order valence-corrected chi connectivity index (χ4v) is 1.70. The first-order valence-corrected chi connectivity index (χ1v) is 4.86. The number of nitrogens with two attached hydrogens (primary N) is 1. The molecule has 1 aliphatic heterocycles. The van der Waals surface area contributed by atoms with Crippen LogP contribution in [0.5, 0.6) is 0 Å². The van der Waals surface area contributed by atoms with Crippen LogP contribution in [0.2, 0.25) is 0 Å². The molecule has 1 saturated heterocycles. The minimum Gasteiger partial charge on any atom is -0.480 e. The maximum atomic E-state index is 11.5. The lowest BCUT2D eigenvalue weighted by Gasteiger charge is -2.12. The number of carboxylic acid groups (broad SMARTS) is 1. The average molecular weight is 224 g/mol. The molecule has 0 bridgehead atoms. The van der Waals surface area contributed by atoms with Gasteiger partial charge in [-0.1, -0.05) is 0 Å². The highest BCUT2D eigenvalue weighted by Gasteiger charge is 2.28. The van der Waals surface area contributed by atoms with Crippen LogP contribution in [0.4, 0.5) is 5.69 Å². The number of nitrogens with zero attached hydrogens (tertiary/aromatic N) is 3. The van der Waals surface area contributed by atoms with Crippen molar-refractivity contribution in [2.24, 2.45) is 5.73 Å². The van der Waals surface area contributed by atoms with E-state index in [1.165, 1.54) is 22.0 Å². The fraction of sp³-hybridized carbons (Fsp3) is 0.444. The highest BCUT2D eigenvalue weighted by Crippen LogP contribution is 2.19. The van der Waals surface area contributed by atoms with Crippen LogP contribution in [0.25, 0.3) is 0 Å². The summed E-state index contributed by atoms with van der Waals surface area (Å²) in [6.07, 6.45) is 3.33. The molecule has 1 unspecified atom stereocenters. The van der Waals surface area contributed by atoms with Gasteiger partial charge in [0.25, 0.3) is 0 Å². The number of aliphatic carboxylic acids is 1. The monoisotopic (exact) mass is 224 g/mol. The van der Waals surface area contributed by atoms with Gasteiger partial charge in [0, 0.05) is 25.2 Å². The molecule has 2 heterocycles. The van der Waals surface area contributed by atoms with Crippen LogP contribution >= 0.6 is 0 Å². The van der Waals surface area contributed by atoms with Gasteiger partial charge in [0.05, 0.1) is 11.9 Å². The summed E-state index contributed by atoms with van der Waals surface area (Å²) in [6, 6.07) is -0.157. The number of hydrogen-bond donors (Lipinski definition) is 2. The highest BCUT2D eigenvalue weighted by atomic mass is 16.4. The Labute approximate surface area is 91.4 Å². The third-order valence-electron chi connectivity index (χ3n) is 2.38. The van der Waals surface area contributed by atoms with Crippen molar-refractivity contribution in [2.45, 2.75) is 19.0 Å². The van der Waals surface area contributed by atoms with E-state index >= 15 is 0 Å². The Bertz CT molecular complexity index is 428. The lowest BCUT2D eigenvalue weighted by molar-refractivity contribution is -0.137. The second-order valence-corrected chi connectivity index (χ2v) is 3.76. The van der Waals surface area contributed by atoms with E-state index in [0.717, 1.165) is 0 Å². The molecule has 0 saturated carbocycles. The molecule has 0 aromatic carbocycles. The maximum Gasteiger partial charge on any atom is 0.325 e. The van der Waals surface area contributed by atoms with Crippen LogP contribution in [-0.2, 0) is 16.1 Å². The smallest absolute Gasteiger partial charge is 0.325 e. The van der Waals surface area contributed by atoms with Crippen LogP contribution < -0.4 is 10.6 Å². The molecule has 7 heteroatoms. The van der Waals surface area contributed by atoms with Gasteiger partial charge in [-0.05, 0) is 0 Å². The van der Waals surface area contributed by atoms with E-state index in [0.29, 0.717) is 18.7 Å².